The normalized spacial score (nSPS) is 41.2. The largest absolute Gasteiger partial charge is 0.456 e. The van der Waals surface area contributed by atoms with Crippen LogP contribution in [0.5, 0.6) is 0 Å². The third-order valence-electron chi connectivity index (χ3n) is 4.29. The van der Waals surface area contributed by atoms with Crippen LogP contribution < -0.4 is 0 Å². The Labute approximate surface area is 150 Å². The first-order chi connectivity index (χ1) is 11.1. The van der Waals surface area contributed by atoms with Crippen LogP contribution in [-0.4, -0.2) is 59.7 Å². The number of halogens is 1. The standard InChI is InChI=1S/C16H25BrO7/c1-6-8(17)13(18)20-11-10(9-7-19-15(2,3)22-9)21-14-12(11)23-16(4,5)24-14/h8-12,14H,6-7H2,1-5H3/t8?,9-,10-,11+,12-,14-/m1/s1. The Kier molecular flexibility index (Phi) is 5.01. The third-order valence-corrected chi connectivity index (χ3v) is 5.31. The van der Waals surface area contributed by atoms with Gasteiger partial charge in [-0.15, -0.1) is 0 Å². The first-order valence-electron chi connectivity index (χ1n) is 8.29. The number of esters is 1. The van der Waals surface area contributed by atoms with Crippen molar-refractivity contribution in [1.82, 2.24) is 0 Å². The number of fused-ring (bicyclic) bond motifs is 1. The number of ether oxygens (including phenoxy) is 6. The average molecular weight is 409 g/mol. The lowest BCUT2D eigenvalue weighted by molar-refractivity contribution is -0.235. The van der Waals surface area contributed by atoms with Gasteiger partial charge in [-0.05, 0) is 34.1 Å². The second kappa shape index (κ2) is 6.48. The lowest BCUT2D eigenvalue weighted by Crippen LogP contribution is -2.46. The summed E-state index contributed by atoms with van der Waals surface area (Å²) in [5.74, 6) is -1.82. The molecule has 0 spiro atoms. The Balaban J connectivity index is 1.76. The van der Waals surface area contributed by atoms with Crippen LogP contribution >= 0.6 is 15.9 Å². The van der Waals surface area contributed by atoms with Gasteiger partial charge >= 0.3 is 5.97 Å². The highest BCUT2D eigenvalue weighted by Gasteiger charge is 2.60. The summed E-state index contributed by atoms with van der Waals surface area (Å²) in [6.07, 6.45) is -1.92. The lowest BCUT2D eigenvalue weighted by Gasteiger charge is -2.29. The van der Waals surface area contributed by atoms with Crippen molar-refractivity contribution in [3.05, 3.63) is 0 Å². The van der Waals surface area contributed by atoms with E-state index in [0.717, 1.165) is 0 Å². The molecule has 1 unspecified atom stereocenters. The molecule has 6 atom stereocenters. The van der Waals surface area contributed by atoms with E-state index >= 15 is 0 Å². The van der Waals surface area contributed by atoms with E-state index < -0.39 is 36.2 Å². The van der Waals surface area contributed by atoms with Crippen molar-refractivity contribution >= 4 is 21.9 Å². The van der Waals surface area contributed by atoms with Crippen molar-refractivity contribution in [1.29, 1.82) is 0 Å². The van der Waals surface area contributed by atoms with E-state index in [1.165, 1.54) is 0 Å². The van der Waals surface area contributed by atoms with Gasteiger partial charge in [0.05, 0.1) is 6.61 Å². The Bertz CT molecular complexity index is 495. The summed E-state index contributed by atoms with van der Waals surface area (Å²) < 4.78 is 34.9. The van der Waals surface area contributed by atoms with Gasteiger partial charge in [-0.2, -0.15) is 0 Å². The molecular weight excluding hydrogens is 384 g/mol. The quantitative estimate of drug-likeness (QED) is 0.520. The van der Waals surface area contributed by atoms with Gasteiger partial charge in [0.1, 0.15) is 17.0 Å². The first-order valence-corrected chi connectivity index (χ1v) is 9.21. The van der Waals surface area contributed by atoms with Gasteiger partial charge in [0.25, 0.3) is 0 Å². The summed E-state index contributed by atoms with van der Waals surface area (Å²) in [7, 11) is 0. The average Bonchev–Trinajstić information content (AvgIpc) is 3.09. The molecule has 3 heterocycles. The van der Waals surface area contributed by atoms with E-state index in [2.05, 4.69) is 15.9 Å². The Hall–Kier alpha value is -0.250. The number of carbonyl (C=O) groups is 1. The van der Waals surface area contributed by atoms with Crippen LogP contribution in [0.25, 0.3) is 0 Å². The number of hydrogen-bond donors (Lipinski definition) is 0. The molecule has 0 bridgehead atoms. The number of rotatable bonds is 4. The summed E-state index contributed by atoms with van der Waals surface area (Å²) in [4.78, 5) is 11.9. The molecule has 138 valence electrons. The van der Waals surface area contributed by atoms with E-state index in [-0.39, 0.29) is 16.9 Å². The molecule has 7 nitrogen and oxygen atoms in total. The van der Waals surface area contributed by atoms with Crippen LogP contribution in [0.15, 0.2) is 0 Å². The minimum atomic E-state index is -0.782. The van der Waals surface area contributed by atoms with E-state index in [9.17, 15) is 4.79 Å². The molecular formula is C16H25BrO7. The zero-order valence-electron chi connectivity index (χ0n) is 14.6. The molecule has 0 aromatic heterocycles. The zero-order chi connectivity index (χ0) is 17.7. The third kappa shape index (κ3) is 3.64. The highest BCUT2D eigenvalue weighted by molar-refractivity contribution is 9.10. The van der Waals surface area contributed by atoms with Crippen LogP contribution in [0.3, 0.4) is 0 Å². The van der Waals surface area contributed by atoms with Crippen LogP contribution in [0.1, 0.15) is 41.0 Å². The Morgan fingerprint density at radius 3 is 2.46 bits per heavy atom. The van der Waals surface area contributed by atoms with Crippen molar-refractivity contribution in [3.63, 3.8) is 0 Å². The first kappa shape index (κ1) is 18.5. The highest BCUT2D eigenvalue weighted by Crippen LogP contribution is 2.42. The van der Waals surface area contributed by atoms with Crippen molar-refractivity contribution in [3.8, 4) is 0 Å². The van der Waals surface area contributed by atoms with Crippen molar-refractivity contribution in [2.24, 2.45) is 0 Å². The summed E-state index contributed by atoms with van der Waals surface area (Å²) in [6, 6.07) is 0. The van der Waals surface area contributed by atoms with Crippen molar-refractivity contribution < 1.29 is 33.2 Å². The molecule has 3 aliphatic rings. The van der Waals surface area contributed by atoms with E-state index in [0.29, 0.717) is 13.0 Å². The SMILES string of the molecule is CCC(Br)C(=O)O[C@@H]1[C@H]2OC(C)(C)O[C@H]2O[C@@H]1[C@H]1COC(C)(C)O1. The van der Waals surface area contributed by atoms with E-state index in [1.54, 1.807) is 13.8 Å². The number of alkyl halides is 1. The Morgan fingerprint density at radius 2 is 1.88 bits per heavy atom. The molecule has 3 saturated heterocycles. The fourth-order valence-corrected chi connectivity index (χ4v) is 3.30. The fraction of sp³-hybridized carbons (Fsp3) is 0.938. The van der Waals surface area contributed by atoms with Crippen LogP contribution in [0.2, 0.25) is 0 Å². The summed E-state index contributed by atoms with van der Waals surface area (Å²) in [6.45, 7) is 9.55. The molecule has 0 saturated carbocycles. The fourth-order valence-electron chi connectivity index (χ4n) is 3.19. The van der Waals surface area contributed by atoms with Crippen LogP contribution in [-0.2, 0) is 33.2 Å². The Morgan fingerprint density at radius 1 is 1.17 bits per heavy atom. The molecule has 0 aromatic rings. The van der Waals surface area contributed by atoms with Gasteiger partial charge in [0, 0.05) is 0 Å². The number of carbonyl (C=O) groups excluding carboxylic acids is 1. The maximum atomic E-state index is 12.3. The molecule has 0 amide bonds. The minimum Gasteiger partial charge on any atom is -0.456 e. The molecule has 3 fully saturated rings. The van der Waals surface area contributed by atoms with Gasteiger partial charge in [-0.3, -0.25) is 4.79 Å². The van der Waals surface area contributed by atoms with E-state index in [4.69, 9.17) is 28.4 Å². The topological polar surface area (TPSA) is 72.5 Å². The molecule has 3 aliphatic heterocycles. The van der Waals surface area contributed by atoms with E-state index in [1.807, 2.05) is 20.8 Å². The second-order valence-electron chi connectivity index (χ2n) is 7.21. The molecule has 8 heteroatoms. The van der Waals surface area contributed by atoms with Gasteiger partial charge in [0.15, 0.2) is 30.1 Å². The number of hydrogen-bond acceptors (Lipinski definition) is 7. The monoisotopic (exact) mass is 408 g/mol. The lowest BCUT2D eigenvalue weighted by atomic mass is 10.1. The molecule has 0 aliphatic carbocycles. The van der Waals surface area contributed by atoms with Crippen molar-refractivity contribution in [2.45, 2.75) is 88.1 Å². The molecule has 0 N–H and O–H groups in total. The molecule has 0 radical (unpaired) electrons. The van der Waals surface area contributed by atoms with Gasteiger partial charge in [0.2, 0.25) is 0 Å². The smallest absolute Gasteiger partial charge is 0.320 e. The predicted octanol–water partition coefficient (Wildman–Crippen LogP) is 2.10. The maximum absolute atomic E-state index is 12.3. The second-order valence-corrected chi connectivity index (χ2v) is 8.32. The molecule has 3 rings (SSSR count). The van der Waals surface area contributed by atoms with Crippen molar-refractivity contribution in [2.75, 3.05) is 6.61 Å². The van der Waals surface area contributed by atoms with Gasteiger partial charge in [-0.25, -0.2) is 0 Å². The zero-order valence-corrected chi connectivity index (χ0v) is 16.2. The summed E-state index contributed by atoms with van der Waals surface area (Å²) >= 11 is 3.32. The van der Waals surface area contributed by atoms with Gasteiger partial charge < -0.3 is 28.4 Å². The highest BCUT2D eigenvalue weighted by atomic mass is 79.9. The van der Waals surface area contributed by atoms with Crippen LogP contribution in [0, 0.1) is 0 Å². The minimum absolute atomic E-state index is 0.344. The van der Waals surface area contributed by atoms with Crippen LogP contribution in [0.4, 0.5) is 0 Å². The van der Waals surface area contributed by atoms with Gasteiger partial charge in [-0.1, -0.05) is 22.9 Å². The summed E-state index contributed by atoms with van der Waals surface area (Å²) in [5.41, 5.74) is 0. The summed E-state index contributed by atoms with van der Waals surface area (Å²) in [5, 5.41) is 0. The molecule has 0 aromatic carbocycles. The predicted molar refractivity (Wildman–Crippen MR) is 86.5 cm³/mol. The maximum Gasteiger partial charge on any atom is 0.320 e. The molecule has 24 heavy (non-hydrogen) atoms.